The fourth-order valence-electron chi connectivity index (χ4n) is 3.76. The molecule has 4 aromatic carbocycles. The first kappa shape index (κ1) is 22.1. The van der Waals surface area contributed by atoms with Gasteiger partial charge in [0.15, 0.2) is 5.75 Å². The summed E-state index contributed by atoms with van der Waals surface area (Å²) >= 11 is 0. The Morgan fingerprint density at radius 2 is 1.18 bits per heavy atom. The molecule has 0 atom stereocenters. The van der Waals surface area contributed by atoms with Crippen molar-refractivity contribution in [2.75, 3.05) is 4.90 Å². The minimum atomic E-state index is 0.213. The van der Waals surface area contributed by atoms with E-state index in [1.807, 2.05) is 93.3 Å². The molecule has 0 radical (unpaired) electrons. The molecule has 168 valence electrons. The van der Waals surface area contributed by atoms with Crippen LogP contribution in [0.25, 0.3) is 0 Å². The van der Waals surface area contributed by atoms with Gasteiger partial charge in [-0.05, 0) is 99.0 Å². The molecule has 0 spiro atoms. The van der Waals surface area contributed by atoms with Gasteiger partial charge in [-0.15, -0.1) is 0 Å². The lowest BCUT2D eigenvalue weighted by molar-refractivity contribution is 0.445. The van der Waals surface area contributed by atoms with Gasteiger partial charge in [-0.25, -0.2) is 0 Å². The van der Waals surface area contributed by atoms with Crippen molar-refractivity contribution in [3.63, 3.8) is 0 Å². The van der Waals surface area contributed by atoms with Crippen LogP contribution >= 0.6 is 0 Å². The van der Waals surface area contributed by atoms with Gasteiger partial charge in [0, 0.05) is 16.9 Å². The summed E-state index contributed by atoms with van der Waals surface area (Å²) in [5.41, 5.74) is 5.36. The van der Waals surface area contributed by atoms with Crippen LogP contribution < -0.4 is 9.64 Å². The van der Waals surface area contributed by atoms with Gasteiger partial charge in [-0.3, -0.25) is 0 Å². The topological polar surface area (TPSA) is 73.2 Å². The Hall–Kier alpha value is -4.12. The average Bonchev–Trinajstić information content (AvgIpc) is 2.80. The van der Waals surface area contributed by atoms with Crippen molar-refractivity contribution < 1.29 is 20.1 Å². The van der Waals surface area contributed by atoms with Crippen molar-refractivity contribution in [2.24, 2.45) is 0 Å². The zero-order valence-corrected chi connectivity index (χ0v) is 19.1. The second-order valence-electron chi connectivity index (χ2n) is 8.20. The maximum Gasteiger partial charge on any atom is 0.151 e. The van der Waals surface area contributed by atoms with Crippen LogP contribution in [0.15, 0.2) is 72.8 Å². The number of aryl methyl sites for hydroxylation is 3. The summed E-state index contributed by atoms with van der Waals surface area (Å²) in [7, 11) is 0. The molecule has 0 fully saturated rings. The molecule has 4 aromatic rings. The van der Waals surface area contributed by atoms with Crippen LogP contribution in [-0.2, 0) is 0 Å². The molecule has 0 aliphatic heterocycles. The van der Waals surface area contributed by atoms with E-state index in [9.17, 15) is 15.3 Å². The van der Waals surface area contributed by atoms with Gasteiger partial charge in [-0.2, -0.15) is 0 Å². The first-order chi connectivity index (χ1) is 15.8. The van der Waals surface area contributed by atoms with Crippen LogP contribution in [-0.4, -0.2) is 15.3 Å². The minimum Gasteiger partial charge on any atom is -0.508 e. The standard InChI is InChI=1S/C28H27NO4/c1-17-9-14-26(20(4)28(17)32)33-27-8-6-5-7-23(27)29(21-10-12-24(30)18(2)15-21)22-11-13-25(31)19(3)16-22/h5-16,30-32H,1-4H3. The quantitative estimate of drug-likeness (QED) is 0.303. The molecule has 0 heterocycles. The number of rotatable bonds is 5. The highest BCUT2D eigenvalue weighted by Gasteiger charge is 2.19. The van der Waals surface area contributed by atoms with Crippen LogP contribution in [0.1, 0.15) is 22.3 Å². The number of phenols is 3. The Morgan fingerprint density at radius 3 is 1.76 bits per heavy atom. The number of aromatic hydroxyl groups is 3. The van der Waals surface area contributed by atoms with E-state index in [0.717, 1.165) is 33.8 Å². The molecule has 5 nitrogen and oxygen atoms in total. The highest BCUT2D eigenvalue weighted by atomic mass is 16.5. The zero-order chi connectivity index (χ0) is 23.7. The number of hydrogen-bond acceptors (Lipinski definition) is 5. The summed E-state index contributed by atoms with van der Waals surface area (Å²) in [4.78, 5) is 2.01. The Labute approximate surface area is 193 Å². The highest BCUT2D eigenvalue weighted by Crippen LogP contribution is 2.44. The summed E-state index contributed by atoms with van der Waals surface area (Å²) in [6, 6.07) is 22.1. The van der Waals surface area contributed by atoms with Crippen molar-refractivity contribution in [3.8, 4) is 28.7 Å². The van der Waals surface area contributed by atoms with E-state index >= 15 is 0 Å². The van der Waals surface area contributed by atoms with Crippen molar-refractivity contribution in [2.45, 2.75) is 27.7 Å². The molecular formula is C28H27NO4. The third kappa shape index (κ3) is 4.30. The summed E-state index contributed by atoms with van der Waals surface area (Å²) in [5.74, 6) is 1.81. The van der Waals surface area contributed by atoms with Gasteiger partial charge in [0.2, 0.25) is 0 Å². The van der Waals surface area contributed by atoms with E-state index in [1.165, 1.54) is 0 Å². The fourth-order valence-corrected chi connectivity index (χ4v) is 3.76. The fraction of sp³-hybridized carbons (Fsp3) is 0.143. The third-order valence-corrected chi connectivity index (χ3v) is 5.79. The van der Waals surface area contributed by atoms with Crippen LogP contribution in [0.5, 0.6) is 28.7 Å². The Kier molecular flexibility index (Phi) is 5.88. The van der Waals surface area contributed by atoms with E-state index in [2.05, 4.69) is 0 Å². The van der Waals surface area contributed by atoms with Gasteiger partial charge in [-0.1, -0.05) is 18.2 Å². The summed E-state index contributed by atoms with van der Waals surface area (Å²) in [6.07, 6.45) is 0. The first-order valence-electron chi connectivity index (χ1n) is 10.7. The van der Waals surface area contributed by atoms with E-state index in [1.54, 1.807) is 12.1 Å². The third-order valence-electron chi connectivity index (χ3n) is 5.79. The van der Waals surface area contributed by atoms with E-state index in [0.29, 0.717) is 17.1 Å². The van der Waals surface area contributed by atoms with Gasteiger partial charge < -0.3 is 25.0 Å². The van der Waals surface area contributed by atoms with Crippen molar-refractivity contribution in [3.05, 3.63) is 95.1 Å². The lowest BCUT2D eigenvalue weighted by atomic mass is 10.1. The van der Waals surface area contributed by atoms with Crippen molar-refractivity contribution >= 4 is 17.1 Å². The van der Waals surface area contributed by atoms with Gasteiger partial charge in [0.25, 0.3) is 0 Å². The monoisotopic (exact) mass is 441 g/mol. The number of ether oxygens (including phenoxy) is 1. The summed E-state index contributed by atoms with van der Waals surface area (Å²) < 4.78 is 6.31. The van der Waals surface area contributed by atoms with Gasteiger partial charge in [0.05, 0.1) is 5.69 Å². The molecular weight excluding hydrogens is 414 g/mol. The molecule has 3 N–H and O–H groups in total. The maximum atomic E-state index is 10.4. The second-order valence-corrected chi connectivity index (χ2v) is 8.20. The maximum absolute atomic E-state index is 10.4. The van der Waals surface area contributed by atoms with E-state index in [-0.39, 0.29) is 17.2 Å². The summed E-state index contributed by atoms with van der Waals surface area (Å²) in [6.45, 7) is 7.37. The highest BCUT2D eigenvalue weighted by molar-refractivity contribution is 5.81. The predicted molar refractivity (Wildman–Crippen MR) is 132 cm³/mol. The minimum absolute atomic E-state index is 0.213. The first-order valence-corrected chi connectivity index (χ1v) is 10.7. The second kappa shape index (κ2) is 8.79. The Bertz CT molecular complexity index is 1280. The molecule has 0 saturated carbocycles. The molecule has 0 saturated heterocycles. The van der Waals surface area contributed by atoms with Gasteiger partial charge >= 0.3 is 0 Å². The number of para-hydroxylation sites is 2. The van der Waals surface area contributed by atoms with Crippen LogP contribution in [0.2, 0.25) is 0 Å². The zero-order valence-electron chi connectivity index (χ0n) is 19.1. The van der Waals surface area contributed by atoms with Crippen LogP contribution in [0.4, 0.5) is 17.1 Å². The van der Waals surface area contributed by atoms with E-state index in [4.69, 9.17) is 4.74 Å². The number of phenolic OH excluding ortho intramolecular Hbond substituents is 3. The molecule has 4 rings (SSSR count). The molecule has 5 heteroatoms. The van der Waals surface area contributed by atoms with Crippen molar-refractivity contribution in [1.29, 1.82) is 0 Å². The normalized spacial score (nSPS) is 10.8. The number of nitrogens with zero attached hydrogens (tertiary/aromatic N) is 1. The number of benzene rings is 4. The molecule has 0 aliphatic rings. The largest absolute Gasteiger partial charge is 0.508 e. The lowest BCUT2D eigenvalue weighted by Gasteiger charge is -2.28. The molecule has 33 heavy (non-hydrogen) atoms. The summed E-state index contributed by atoms with van der Waals surface area (Å²) in [5, 5.41) is 30.5. The molecule has 0 amide bonds. The Morgan fingerprint density at radius 1 is 0.606 bits per heavy atom. The SMILES string of the molecule is Cc1cc(N(c2ccc(O)c(C)c2)c2ccccc2Oc2ccc(C)c(O)c2C)ccc1O. The molecule has 0 bridgehead atoms. The van der Waals surface area contributed by atoms with Crippen LogP contribution in [0, 0.1) is 27.7 Å². The number of anilines is 3. The van der Waals surface area contributed by atoms with Gasteiger partial charge in [0.1, 0.15) is 23.0 Å². The molecule has 0 unspecified atom stereocenters. The molecule has 0 aromatic heterocycles. The smallest absolute Gasteiger partial charge is 0.151 e. The molecule has 0 aliphatic carbocycles. The van der Waals surface area contributed by atoms with Crippen molar-refractivity contribution in [1.82, 2.24) is 0 Å². The predicted octanol–water partition coefficient (Wildman–Crippen LogP) is 7.30. The van der Waals surface area contributed by atoms with E-state index < -0.39 is 0 Å². The Balaban J connectivity index is 1.89. The van der Waals surface area contributed by atoms with Crippen LogP contribution in [0.3, 0.4) is 0 Å². The number of hydrogen-bond donors (Lipinski definition) is 3. The lowest BCUT2D eigenvalue weighted by Crippen LogP contribution is -2.11. The average molecular weight is 442 g/mol.